The molecule has 1 amide bonds. The summed E-state index contributed by atoms with van der Waals surface area (Å²) in [7, 11) is -3.33. The Bertz CT molecular complexity index is 1220. The van der Waals surface area contributed by atoms with Crippen LogP contribution in [0.3, 0.4) is 0 Å². The molecule has 0 radical (unpaired) electrons. The summed E-state index contributed by atoms with van der Waals surface area (Å²) >= 11 is 6.10. The Labute approximate surface area is 193 Å². The molecule has 1 N–H and O–H groups in total. The van der Waals surface area contributed by atoms with E-state index in [1.807, 2.05) is 0 Å². The Kier molecular flexibility index (Phi) is 5.90. The predicted octanol–water partition coefficient (Wildman–Crippen LogP) is 3.39. The van der Waals surface area contributed by atoms with Crippen molar-refractivity contribution < 1.29 is 26.4 Å². The summed E-state index contributed by atoms with van der Waals surface area (Å²) in [6, 6.07) is 2.65. The van der Waals surface area contributed by atoms with Gasteiger partial charge in [-0.1, -0.05) is 29.8 Å². The fraction of sp³-hybridized carbons (Fsp3) is 0.381. The zero-order chi connectivity index (χ0) is 24.1. The Morgan fingerprint density at radius 3 is 2.64 bits per heavy atom. The number of alkyl halides is 2. The number of halogens is 4. The largest absolute Gasteiger partial charge is 0.361 e. The van der Waals surface area contributed by atoms with Crippen molar-refractivity contribution >= 4 is 33.0 Å². The van der Waals surface area contributed by atoms with Crippen molar-refractivity contribution in [3.63, 3.8) is 0 Å². The molecule has 2 fully saturated rings. The lowest BCUT2D eigenvalue weighted by molar-refractivity contribution is 0.0719. The van der Waals surface area contributed by atoms with Gasteiger partial charge >= 0.3 is 0 Å². The molecule has 7 nitrogen and oxygen atoms in total. The van der Waals surface area contributed by atoms with E-state index >= 15 is 0 Å². The third-order valence-electron chi connectivity index (χ3n) is 5.78. The van der Waals surface area contributed by atoms with Crippen LogP contribution in [0.5, 0.6) is 0 Å². The number of carbonyl (C=O) groups is 1. The van der Waals surface area contributed by atoms with E-state index in [9.17, 15) is 26.4 Å². The van der Waals surface area contributed by atoms with Crippen LogP contribution >= 0.6 is 11.6 Å². The summed E-state index contributed by atoms with van der Waals surface area (Å²) in [6.45, 7) is 1.59. The lowest BCUT2D eigenvalue weighted by atomic mass is 10.0. The number of benzene rings is 1. The molecule has 1 aromatic carbocycles. The molecule has 33 heavy (non-hydrogen) atoms. The molecule has 12 heteroatoms. The first kappa shape index (κ1) is 23.5. The van der Waals surface area contributed by atoms with Gasteiger partial charge in [0.15, 0.2) is 9.84 Å². The summed E-state index contributed by atoms with van der Waals surface area (Å²) in [5, 5.41) is 3.32. The molecular formula is C21H20ClF3N4O3S. The van der Waals surface area contributed by atoms with E-state index in [1.165, 1.54) is 30.6 Å². The summed E-state index contributed by atoms with van der Waals surface area (Å²) in [5.41, 5.74) is 0.652. The second kappa shape index (κ2) is 8.28. The van der Waals surface area contributed by atoms with Gasteiger partial charge < -0.3 is 10.2 Å². The molecule has 1 saturated heterocycles. The van der Waals surface area contributed by atoms with Gasteiger partial charge in [0.1, 0.15) is 5.82 Å². The molecule has 2 heterocycles. The fourth-order valence-corrected chi connectivity index (χ4v) is 4.90. The van der Waals surface area contributed by atoms with Crippen molar-refractivity contribution in [2.75, 3.05) is 17.7 Å². The zero-order valence-corrected chi connectivity index (χ0v) is 19.1. The van der Waals surface area contributed by atoms with Gasteiger partial charge in [-0.3, -0.25) is 4.79 Å². The minimum absolute atomic E-state index is 0.0113. The fourth-order valence-electron chi connectivity index (χ4n) is 4.14. The number of amides is 1. The summed E-state index contributed by atoms with van der Waals surface area (Å²) in [6.07, 6.45) is 5.01. The van der Waals surface area contributed by atoms with Crippen molar-refractivity contribution in [1.82, 2.24) is 15.3 Å². The normalized spacial score (nSPS) is 24.5. The number of anilines is 1. The van der Waals surface area contributed by atoms with Crippen LogP contribution in [0.1, 0.15) is 29.1 Å². The highest BCUT2D eigenvalue weighted by Crippen LogP contribution is 2.67. The topological polar surface area (TPSA) is 92.3 Å². The van der Waals surface area contributed by atoms with Crippen molar-refractivity contribution in [2.24, 2.45) is 11.8 Å². The number of nitrogens with one attached hydrogen (secondary N) is 1. The molecule has 1 aromatic heterocycles. The molecule has 0 bridgehead atoms. The maximum absolute atomic E-state index is 14.2. The van der Waals surface area contributed by atoms with Crippen LogP contribution < -0.4 is 10.2 Å². The number of fused-ring (bicyclic) bond motifs is 1. The summed E-state index contributed by atoms with van der Waals surface area (Å²) in [4.78, 5) is 22.0. The molecule has 1 saturated carbocycles. The molecule has 4 rings (SSSR count). The third kappa shape index (κ3) is 4.56. The number of rotatable bonds is 6. The maximum Gasteiger partial charge on any atom is 0.289 e. The zero-order valence-electron chi connectivity index (χ0n) is 17.5. The minimum Gasteiger partial charge on any atom is -0.361 e. The smallest absolute Gasteiger partial charge is 0.289 e. The Morgan fingerprint density at radius 1 is 1.33 bits per heavy atom. The molecule has 176 valence electrons. The quantitative estimate of drug-likeness (QED) is 0.653. The molecule has 1 aliphatic heterocycles. The van der Waals surface area contributed by atoms with Gasteiger partial charge in [-0.05, 0) is 18.6 Å². The van der Waals surface area contributed by atoms with Crippen LogP contribution in [-0.2, 0) is 9.84 Å². The highest BCUT2D eigenvalue weighted by Gasteiger charge is 2.76. The van der Waals surface area contributed by atoms with Gasteiger partial charge in [0.2, 0.25) is 5.82 Å². The third-order valence-corrected chi connectivity index (χ3v) is 6.83. The SMILES string of the molecule is C[C@H](/C=C/S(C)(=O)=O)NC(=O)c1ncc(N2C[C@@H]3[C@H]([C@H]2c2cccc(F)c2Cl)C3(F)F)cn1. The van der Waals surface area contributed by atoms with E-state index in [0.717, 1.165) is 17.7 Å². The minimum atomic E-state index is -3.33. The van der Waals surface area contributed by atoms with E-state index in [0.29, 0.717) is 5.69 Å². The Hall–Kier alpha value is -2.66. The monoisotopic (exact) mass is 500 g/mol. The van der Waals surface area contributed by atoms with Crippen LogP contribution in [0, 0.1) is 17.7 Å². The van der Waals surface area contributed by atoms with E-state index in [2.05, 4.69) is 15.3 Å². The van der Waals surface area contributed by atoms with Gasteiger partial charge in [-0.15, -0.1) is 0 Å². The molecule has 1 aliphatic carbocycles. The van der Waals surface area contributed by atoms with Crippen molar-refractivity contribution in [1.29, 1.82) is 0 Å². The highest BCUT2D eigenvalue weighted by molar-refractivity contribution is 7.93. The Balaban J connectivity index is 1.54. The van der Waals surface area contributed by atoms with E-state index in [4.69, 9.17) is 11.6 Å². The maximum atomic E-state index is 14.2. The van der Waals surface area contributed by atoms with E-state index in [1.54, 1.807) is 11.8 Å². The first-order valence-electron chi connectivity index (χ1n) is 9.99. The lowest BCUT2D eigenvalue weighted by Gasteiger charge is -2.31. The number of hydrogen-bond acceptors (Lipinski definition) is 6. The van der Waals surface area contributed by atoms with Crippen LogP contribution in [0.2, 0.25) is 5.02 Å². The highest BCUT2D eigenvalue weighted by atomic mass is 35.5. The molecule has 0 spiro atoms. The number of aromatic nitrogens is 2. The predicted molar refractivity (Wildman–Crippen MR) is 116 cm³/mol. The van der Waals surface area contributed by atoms with Gasteiger partial charge in [-0.2, -0.15) is 0 Å². The lowest BCUT2D eigenvalue weighted by Crippen LogP contribution is -2.33. The second-order valence-corrected chi connectivity index (χ2v) is 10.5. The molecular weight excluding hydrogens is 481 g/mol. The molecule has 2 aromatic rings. The van der Waals surface area contributed by atoms with Crippen LogP contribution in [0.15, 0.2) is 42.1 Å². The second-order valence-electron chi connectivity index (χ2n) is 8.23. The average Bonchev–Trinajstić information content (AvgIpc) is 3.08. The van der Waals surface area contributed by atoms with Crippen LogP contribution in [-0.4, -0.2) is 49.1 Å². The van der Waals surface area contributed by atoms with Crippen molar-refractivity contribution in [3.8, 4) is 0 Å². The number of carbonyl (C=O) groups excluding carboxylic acids is 1. The number of sulfone groups is 1. The van der Waals surface area contributed by atoms with Crippen molar-refractivity contribution in [3.05, 3.63) is 64.3 Å². The Morgan fingerprint density at radius 2 is 2.00 bits per heavy atom. The van der Waals surface area contributed by atoms with E-state index < -0.39 is 51.4 Å². The van der Waals surface area contributed by atoms with Gasteiger partial charge in [0, 0.05) is 24.3 Å². The summed E-state index contributed by atoms with van der Waals surface area (Å²) in [5.74, 6) is -6.27. The number of hydrogen-bond donors (Lipinski definition) is 1. The van der Waals surface area contributed by atoms with E-state index in [-0.39, 0.29) is 23.0 Å². The standard InChI is InChI=1S/C21H20ClF3N4O3S/c1-11(6-7-33(2,31)32)28-20(30)19-26-8-12(9-27-19)29-10-14-16(21(14,24)25)18(29)13-4-3-5-15(23)17(13)22/h3-9,11,14,16,18H,10H2,1-2H3,(H,28,30)/b7-6+/t11-,14-,16-,18-/m1/s1. The summed E-state index contributed by atoms with van der Waals surface area (Å²) < 4.78 is 64.9. The van der Waals surface area contributed by atoms with Gasteiger partial charge in [-0.25, -0.2) is 31.6 Å². The first-order valence-corrected chi connectivity index (χ1v) is 12.3. The number of piperidine rings is 1. The molecule has 2 aliphatic rings. The first-order chi connectivity index (χ1) is 15.4. The molecule has 4 atom stereocenters. The van der Waals surface area contributed by atoms with Gasteiger partial charge in [0.25, 0.3) is 11.8 Å². The van der Waals surface area contributed by atoms with Gasteiger partial charge in [0.05, 0.1) is 41.0 Å². The molecule has 0 unspecified atom stereocenters. The van der Waals surface area contributed by atoms with Crippen molar-refractivity contribution in [2.45, 2.75) is 24.9 Å². The van der Waals surface area contributed by atoms with Crippen LogP contribution in [0.4, 0.5) is 18.9 Å². The number of nitrogens with zero attached hydrogens (tertiary/aromatic N) is 3. The van der Waals surface area contributed by atoms with Crippen LogP contribution in [0.25, 0.3) is 0 Å². The average molecular weight is 501 g/mol.